The molecule has 2 atom stereocenters. The SMILES string of the molecule is C[C@@H](NC(=O)c1ccc([N+](=O)[O-])cc1)[C@@H](c1cccs1)N1CCN(Cc2ccccc2)CC1. The Labute approximate surface area is 197 Å². The summed E-state index contributed by atoms with van der Waals surface area (Å²) in [5.41, 5.74) is 1.72. The van der Waals surface area contributed by atoms with Gasteiger partial charge in [0.1, 0.15) is 0 Å². The van der Waals surface area contributed by atoms with E-state index >= 15 is 0 Å². The Balaban J connectivity index is 1.41. The lowest BCUT2D eigenvalue weighted by Gasteiger charge is -2.41. The monoisotopic (exact) mass is 464 g/mol. The second-order valence-electron chi connectivity index (χ2n) is 8.32. The zero-order chi connectivity index (χ0) is 23.2. The third kappa shape index (κ3) is 5.84. The molecule has 2 aromatic carbocycles. The summed E-state index contributed by atoms with van der Waals surface area (Å²) in [5.74, 6) is -0.221. The van der Waals surface area contributed by atoms with Gasteiger partial charge in [0, 0.05) is 61.3 Å². The van der Waals surface area contributed by atoms with Gasteiger partial charge in [0.05, 0.1) is 11.0 Å². The lowest BCUT2D eigenvalue weighted by molar-refractivity contribution is -0.384. The quantitative estimate of drug-likeness (QED) is 0.396. The number of carbonyl (C=O) groups excluding carboxylic acids is 1. The zero-order valence-electron chi connectivity index (χ0n) is 18.6. The molecule has 1 aliphatic heterocycles. The average molecular weight is 465 g/mol. The highest BCUT2D eigenvalue weighted by atomic mass is 32.1. The van der Waals surface area contributed by atoms with Gasteiger partial charge in [-0.15, -0.1) is 11.3 Å². The molecule has 0 bridgehead atoms. The van der Waals surface area contributed by atoms with Gasteiger partial charge in [-0.3, -0.25) is 24.7 Å². The second-order valence-corrected chi connectivity index (χ2v) is 9.30. The van der Waals surface area contributed by atoms with Crippen molar-refractivity contribution in [2.75, 3.05) is 26.2 Å². The summed E-state index contributed by atoms with van der Waals surface area (Å²) in [4.78, 5) is 29.4. The van der Waals surface area contributed by atoms with E-state index in [1.165, 1.54) is 34.7 Å². The molecule has 1 amide bonds. The van der Waals surface area contributed by atoms with Gasteiger partial charge in [-0.1, -0.05) is 36.4 Å². The maximum absolute atomic E-state index is 12.8. The summed E-state index contributed by atoms with van der Waals surface area (Å²) in [6.45, 7) is 6.77. The van der Waals surface area contributed by atoms with E-state index < -0.39 is 4.92 Å². The van der Waals surface area contributed by atoms with E-state index in [1.54, 1.807) is 11.3 Å². The third-order valence-corrected chi connectivity index (χ3v) is 7.00. The van der Waals surface area contributed by atoms with E-state index in [0.717, 1.165) is 32.7 Å². The van der Waals surface area contributed by atoms with E-state index in [-0.39, 0.29) is 23.7 Å². The molecule has 0 spiro atoms. The number of amides is 1. The zero-order valence-corrected chi connectivity index (χ0v) is 19.4. The molecule has 2 heterocycles. The molecule has 0 aliphatic carbocycles. The smallest absolute Gasteiger partial charge is 0.269 e. The molecule has 4 rings (SSSR count). The minimum absolute atomic E-state index is 0.0237. The van der Waals surface area contributed by atoms with Crippen molar-refractivity contribution in [2.24, 2.45) is 0 Å². The average Bonchev–Trinajstić information content (AvgIpc) is 3.35. The number of thiophene rings is 1. The Morgan fingerprint density at radius 3 is 2.33 bits per heavy atom. The maximum atomic E-state index is 12.8. The van der Waals surface area contributed by atoms with E-state index in [0.29, 0.717) is 5.56 Å². The summed E-state index contributed by atoms with van der Waals surface area (Å²) in [5, 5.41) is 16.1. The molecule has 33 heavy (non-hydrogen) atoms. The third-order valence-electron chi connectivity index (χ3n) is 6.06. The minimum atomic E-state index is -0.464. The van der Waals surface area contributed by atoms with Gasteiger partial charge in [0.25, 0.3) is 11.6 Å². The lowest BCUT2D eigenvalue weighted by atomic mass is 10.0. The number of hydrogen-bond donors (Lipinski definition) is 1. The molecule has 1 aliphatic rings. The predicted octanol–water partition coefficient (Wildman–Crippen LogP) is 4.33. The fourth-order valence-corrected chi connectivity index (χ4v) is 5.31. The maximum Gasteiger partial charge on any atom is 0.269 e. The van der Waals surface area contributed by atoms with Gasteiger partial charge in [-0.05, 0) is 36.1 Å². The summed E-state index contributed by atoms with van der Waals surface area (Å²) < 4.78 is 0. The molecule has 1 saturated heterocycles. The van der Waals surface area contributed by atoms with Crippen LogP contribution >= 0.6 is 11.3 Å². The van der Waals surface area contributed by atoms with Crippen molar-refractivity contribution in [2.45, 2.75) is 25.6 Å². The first-order valence-electron chi connectivity index (χ1n) is 11.1. The number of carbonyl (C=O) groups is 1. The summed E-state index contributed by atoms with van der Waals surface area (Å²) >= 11 is 1.70. The number of nitro benzene ring substituents is 1. The van der Waals surface area contributed by atoms with Crippen LogP contribution in [0.4, 0.5) is 5.69 Å². The number of piperazine rings is 1. The van der Waals surface area contributed by atoms with Crippen molar-refractivity contribution in [1.29, 1.82) is 0 Å². The molecular weight excluding hydrogens is 436 g/mol. The molecule has 0 saturated carbocycles. The van der Waals surface area contributed by atoms with E-state index in [4.69, 9.17) is 0 Å². The van der Waals surface area contributed by atoms with Crippen LogP contribution in [-0.4, -0.2) is 52.9 Å². The summed E-state index contributed by atoms with van der Waals surface area (Å²) in [7, 11) is 0. The summed E-state index contributed by atoms with van der Waals surface area (Å²) in [6.07, 6.45) is 0. The van der Waals surface area contributed by atoms with Crippen LogP contribution in [0, 0.1) is 10.1 Å². The number of benzene rings is 2. The Morgan fingerprint density at radius 2 is 1.73 bits per heavy atom. The molecular formula is C25H28N4O3S. The van der Waals surface area contributed by atoms with Crippen molar-refractivity contribution in [3.63, 3.8) is 0 Å². The Kier molecular flexibility index (Phi) is 7.49. The van der Waals surface area contributed by atoms with Gasteiger partial charge in [0.2, 0.25) is 0 Å². The van der Waals surface area contributed by atoms with Gasteiger partial charge < -0.3 is 5.32 Å². The lowest BCUT2D eigenvalue weighted by Crippen LogP contribution is -2.52. The fraction of sp³-hybridized carbons (Fsp3) is 0.320. The predicted molar refractivity (Wildman–Crippen MR) is 130 cm³/mol. The molecule has 172 valence electrons. The van der Waals surface area contributed by atoms with Crippen LogP contribution in [0.25, 0.3) is 0 Å². The van der Waals surface area contributed by atoms with Crippen LogP contribution in [0.3, 0.4) is 0 Å². The van der Waals surface area contributed by atoms with Gasteiger partial charge >= 0.3 is 0 Å². The standard InChI is InChI=1S/C25H28N4O3S/c1-19(26-25(30)21-9-11-22(12-10-21)29(31)32)24(23-8-5-17-33-23)28-15-13-27(14-16-28)18-20-6-3-2-4-7-20/h2-12,17,19,24H,13-16,18H2,1H3,(H,26,30)/t19-,24+/m1/s1. The largest absolute Gasteiger partial charge is 0.348 e. The Morgan fingerprint density at radius 1 is 1.03 bits per heavy atom. The molecule has 0 radical (unpaired) electrons. The Hall–Kier alpha value is -3.07. The number of non-ortho nitro benzene ring substituents is 1. The highest BCUT2D eigenvalue weighted by Crippen LogP contribution is 2.30. The van der Waals surface area contributed by atoms with Crippen LogP contribution in [0.15, 0.2) is 72.1 Å². The number of rotatable bonds is 8. The fourth-order valence-electron chi connectivity index (χ4n) is 4.35. The van der Waals surface area contributed by atoms with Crippen molar-refractivity contribution in [3.8, 4) is 0 Å². The Bertz CT molecular complexity index is 1050. The van der Waals surface area contributed by atoms with Crippen LogP contribution in [0.2, 0.25) is 0 Å². The van der Waals surface area contributed by atoms with E-state index in [2.05, 4.69) is 50.8 Å². The number of nitrogens with zero attached hydrogens (tertiary/aromatic N) is 3. The first kappa shape index (κ1) is 23.1. The molecule has 1 fully saturated rings. The van der Waals surface area contributed by atoms with Gasteiger partial charge in [-0.25, -0.2) is 0 Å². The molecule has 1 aromatic heterocycles. The number of hydrogen-bond acceptors (Lipinski definition) is 6. The highest BCUT2D eigenvalue weighted by Gasteiger charge is 2.31. The van der Waals surface area contributed by atoms with E-state index in [9.17, 15) is 14.9 Å². The molecule has 0 unspecified atom stereocenters. The first-order chi connectivity index (χ1) is 16.0. The summed E-state index contributed by atoms with van der Waals surface area (Å²) in [6, 6.07) is 20.4. The molecule has 3 aromatic rings. The molecule has 8 heteroatoms. The van der Waals surface area contributed by atoms with Crippen molar-refractivity contribution < 1.29 is 9.72 Å². The van der Waals surface area contributed by atoms with Crippen LogP contribution in [-0.2, 0) is 6.54 Å². The van der Waals surface area contributed by atoms with Crippen LogP contribution < -0.4 is 5.32 Å². The topological polar surface area (TPSA) is 78.7 Å². The minimum Gasteiger partial charge on any atom is -0.348 e. The van der Waals surface area contributed by atoms with Crippen molar-refractivity contribution in [1.82, 2.24) is 15.1 Å². The number of nitrogens with one attached hydrogen (secondary N) is 1. The highest BCUT2D eigenvalue weighted by molar-refractivity contribution is 7.10. The van der Waals surface area contributed by atoms with Crippen molar-refractivity contribution >= 4 is 22.9 Å². The molecule has 1 N–H and O–H groups in total. The van der Waals surface area contributed by atoms with Crippen molar-refractivity contribution in [3.05, 3.63) is 98.2 Å². The second kappa shape index (κ2) is 10.7. The van der Waals surface area contributed by atoms with Gasteiger partial charge in [0.15, 0.2) is 0 Å². The molecule has 7 nitrogen and oxygen atoms in total. The van der Waals surface area contributed by atoms with E-state index in [1.807, 2.05) is 19.1 Å². The van der Waals surface area contributed by atoms with Crippen LogP contribution in [0.5, 0.6) is 0 Å². The normalized spacial score (nSPS) is 16.8. The van der Waals surface area contributed by atoms with Gasteiger partial charge in [-0.2, -0.15) is 0 Å². The first-order valence-corrected chi connectivity index (χ1v) is 12.0. The number of nitro groups is 1. The van der Waals surface area contributed by atoms with Crippen LogP contribution in [0.1, 0.15) is 33.8 Å².